The highest BCUT2D eigenvalue weighted by atomic mass is 19.1. The van der Waals surface area contributed by atoms with Gasteiger partial charge in [-0.15, -0.1) is 0 Å². The number of rotatable bonds is 4. The van der Waals surface area contributed by atoms with Gasteiger partial charge in [-0.05, 0) is 43.3 Å². The molecule has 5 heteroatoms. The third-order valence-corrected chi connectivity index (χ3v) is 3.07. The van der Waals surface area contributed by atoms with E-state index in [0.29, 0.717) is 18.3 Å². The lowest BCUT2D eigenvalue weighted by molar-refractivity contribution is 0.384. The number of nitrogens with zero attached hydrogens (tertiary/aromatic N) is 2. The minimum atomic E-state index is -0.288. The van der Waals surface area contributed by atoms with Gasteiger partial charge >= 0.3 is 0 Å². The summed E-state index contributed by atoms with van der Waals surface area (Å²) in [5.41, 5.74) is 2.92. The number of anilines is 1. The summed E-state index contributed by atoms with van der Waals surface area (Å²) in [6, 6.07) is 14.0. The van der Waals surface area contributed by atoms with Crippen molar-refractivity contribution in [2.24, 2.45) is 0 Å². The largest absolute Gasteiger partial charge is 0.376 e. The molecule has 4 nitrogen and oxygen atoms in total. The lowest BCUT2D eigenvalue weighted by Crippen LogP contribution is -1.99. The molecule has 0 atom stereocenters. The van der Waals surface area contributed by atoms with Crippen molar-refractivity contribution >= 4 is 5.69 Å². The van der Waals surface area contributed by atoms with Crippen LogP contribution in [0.4, 0.5) is 10.1 Å². The van der Waals surface area contributed by atoms with Crippen molar-refractivity contribution in [3.63, 3.8) is 0 Å². The molecule has 0 unspecified atom stereocenters. The standard InChI is InChI=1S/C16H14FN3O/c1-11-2-8-14(9-3-11)18-10-15-19-16(20-21-15)12-4-6-13(17)7-5-12/h2-9,18H,10H2,1H3. The molecule has 0 aliphatic carbocycles. The summed E-state index contributed by atoms with van der Waals surface area (Å²) in [7, 11) is 0. The maximum Gasteiger partial charge on any atom is 0.246 e. The van der Waals surface area contributed by atoms with Gasteiger partial charge in [-0.25, -0.2) is 4.39 Å². The average Bonchev–Trinajstić information content (AvgIpc) is 2.96. The van der Waals surface area contributed by atoms with Crippen molar-refractivity contribution in [2.75, 3.05) is 5.32 Å². The van der Waals surface area contributed by atoms with Gasteiger partial charge in [0.1, 0.15) is 5.82 Å². The molecule has 3 rings (SSSR count). The van der Waals surface area contributed by atoms with E-state index in [4.69, 9.17) is 4.52 Å². The van der Waals surface area contributed by atoms with E-state index in [1.165, 1.54) is 17.7 Å². The Morgan fingerprint density at radius 1 is 1.05 bits per heavy atom. The van der Waals surface area contributed by atoms with E-state index in [1.807, 2.05) is 31.2 Å². The topological polar surface area (TPSA) is 51.0 Å². The van der Waals surface area contributed by atoms with Crippen molar-refractivity contribution in [3.8, 4) is 11.4 Å². The number of hydrogen-bond acceptors (Lipinski definition) is 4. The highest BCUT2D eigenvalue weighted by Crippen LogP contribution is 2.17. The summed E-state index contributed by atoms with van der Waals surface area (Å²) in [5, 5.41) is 7.10. The Hall–Kier alpha value is -2.69. The second kappa shape index (κ2) is 5.75. The van der Waals surface area contributed by atoms with Crippen LogP contribution in [0.2, 0.25) is 0 Å². The first-order valence-corrected chi connectivity index (χ1v) is 6.60. The zero-order valence-electron chi connectivity index (χ0n) is 11.5. The van der Waals surface area contributed by atoms with Gasteiger partial charge in [-0.2, -0.15) is 4.98 Å². The minimum absolute atomic E-state index is 0.288. The molecule has 2 aromatic carbocycles. The third-order valence-electron chi connectivity index (χ3n) is 3.07. The van der Waals surface area contributed by atoms with E-state index in [1.54, 1.807) is 12.1 Å². The fourth-order valence-corrected chi connectivity index (χ4v) is 1.89. The van der Waals surface area contributed by atoms with Crippen LogP contribution in [0, 0.1) is 12.7 Å². The number of aryl methyl sites for hydroxylation is 1. The van der Waals surface area contributed by atoms with E-state index >= 15 is 0 Å². The lowest BCUT2D eigenvalue weighted by Gasteiger charge is -2.02. The predicted octanol–water partition coefficient (Wildman–Crippen LogP) is 3.80. The van der Waals surface area contributed by atoms with Crippen molar-refractivity contribution in [1.29, 1.82) is 0 Å². The first-order chi connectivity index (χ1) is 10.2. The van der Waals surface area contributed by atoms with Crippen LogP contribution in [0.1, 0.15) is 11.5 Å². The van der Waals surface area contributed by atoms with Gasteiger partial charge in [0, 0.05) is 11.3 Å². The van der Waals surface area contributed by atoms with Crippen LogP contribution in [0.5, 0.6) is 0 Å². The van der Waals surface area contributed by atoms with E-state index < -0.39 is 0 Å². The number of halogens is 1. The number of nitrogens with one attached hydrogen (secondary N) is 1. The fourth-order valence-electron chi connectivity index (χ4n) is 1.89. The highest BCUT2D eigenvalue weighted by molar-refractivity contribution is 5.53. The molecular formula is C16H14FN3O. The van der Waals surface area contributed by atoms with Crippen LogP contribution in [0.25, 0.3) is 11.4 Å². The Morgan fingerprint density at radius 3 is 2.48 bits per heavy atom. The molecule has 0 fully saturated rings. The maximum atomic E-state index is 12.9. The van der Waals surface area contributed by atoms with Gasteiger partial charge in [-0.1, -0.05) is 22.9 Å². The average molecular weight is 283 g/mol. The van der Waals surface area contributed by atoms with Crippen molar-refractivity contribution in [2.45, 2.75) is 13.5 Å². The van der Waals surface area contributed by atoms with Gasteiger partial charge in [0.05, 0.1) is 6.54 Å². The summed E-state index contributed by atoms with van der Waals surface area (Å²) >= 11 is 0. The summed E-state index contributed by atoms with van der Waals surface area (Å²) in [4.78, 5) is 4.28. The van der Waals surface area contributed by atoms with E-state index in [2.05, 4.69) is 15.5 Å². The normalized spacial score (nSPS) is 10.6. The van der Waals surface area contributed by atoms with Crippen LogP contribution in [0.3, 0.4) is 0 Å². The molecule has 106 valence electrons. The van der Waals surface area contributed by atoms with Crippen LogP contribution in [-0.2, 0) is 6.54 Å². The predicted molar refractivity (Wildman–Crippen MR) is 78.2 cm³/mol. The van der Waals surface area contributed by atoms with Gasteiger partial charge in [0.2, 0.25) is 11.7 Å². The minimum Gasteiger partial charge on any atom is -0.376 e. The molecule has 0 aliphatic rings. The van der Waals surface area contributed by atoms with Crippen LogP contribution in [-0.4, -0.2) is 10.1 Å². The SMILES string of the molecule is Cc1ccc(NCc2nc(-c3ccc(F)cc3)no2)cc1. The van der Waals surface area contributed by atoms with E-state index in [0.717, 1.165) is 11.3 Å². The van der Waals surface area contributed by atoms with Crippen LogP contribution >= 0.6 is 0 Å². The highest BCUT2D eigenvalue weighted by Gasteiger charge is 2.08. The zero-order valence-corrected chi connectivity index (χ0v) is 11.5. The Morgan fingerprint density at radius 2 is 1.76 bits per heavy atom. The molecule has 0 radical (unpaired) electrons. The Bertz CT molecular complexity index is 720. The molecule has 0 saturated carbocycles. The molecule has 3 aromatic rings. The molecule has 0 spiro atoms. The molecule has 0 aliphatic heterocycles. The first-order valence-electron chi connectivity index (χ1n) is 6.60. The number of aromatic nitrogens is 2. The second-order valence-corrected chi connectivity index (χ2v) is 4.74. The third kappa shape index (κ3) is 3.25. The van der Waals surface area contributed by atoms with Crippen molar-refractivity contribution in [3.05, 3.63) is 65.8 Å². The molecule has 1 N–H and O–H groups in total. The van der Waals surface area contributed by atoms with Crippen molar-refractivity contribution in [1.82, 2.24) is 10.1 Å². The molecule has 21 heavy (non-hydrogen) atoms. The molecule has 0 saturated heterocycles. The first kappa shape index (κ1) is 13.3. The second-order valence-electron chi connectivity index (χ2n) is 4.74. The van der Waals surface area contributed by atoms with Gasteiger partial charge in [0.25, 0.3) is 0 Å². The summed E-state index contributed by atoms with van der Waals surface area (Å²) < 4.78 is 18.0. The number of hydrogen-bond donors (Lipinski definition) is 1. The van der Waals surface area contributed by atoms with E-state index in [9.17, 15) is 4.39 Å². The monoisotopic (exact) mass is 283 g/mol. The molecule has 1 heterocycles. The van der Waals surface area contributed by atoms with Crippen molar-refractivity contribution < 1.29 is 8.91 Å². The smallest absolute Gasteiger partial charge is 0.246 e. The van der Waals surface area contributed by atoms with E-state index in [-0.39, 0.29) is 5.82 Å². The Balaban J connectivity index is 1.67. The molecule has 0 bridgehead atoms. The Kier molecular flexibility index (Phi) is 3.64. The lowest BCUT2D eigenvalue weighted by atomic mass is 10.2. The quantitative estimate of drug-likeness (QED) is 0.791. The summed E-state index contributed by atoms with van der Waals surface area (Å²) in [5.74, 6) is 0.647. The summed E-state index contributed by atoms with van der Waals surface area (Å²) in [6.45, 7) is 2.48. The fraction of sp³-hybridized carbons (Fsp3) is 0.125. The van der Waals surface area contributed by atoms with Gasteiger partial charge < -0.3 is 9.84 Å². The van der Waals surface area contributed by atoms with Gasteiger partial charge in [0.15, 0.2) is 0 Å². The summed E-state index contributed by atoms with van der Waals surface area (Å²) in [6.07, 6.45) is 0. The van der Waals surface area contributed by atoms with Crippen LogP contribution in [0.15, 0.2) is 53.1 Å². The molecule has 1 aromatic heterocycles. The number of benzene rings is 2. The zero-order chi connectivity index (χ0) is 14.7. The molecule has 0 amide bonds. The van der Waals surface area contributed by atoms with Crippen LogP contribution < -0.4 is 5.32 Å². The molecular weight excluding hydrogens is 269 g/mol. The Labute approximate surface area is 121 Å². The van der Waals surface area contributed by atoms with Gasteiger partial charge in [-0.3, -0.25) is 0 Å². The maximum absolute atomic E-state index is 12.9.